The topological polar surface area (TPSA) is 123 Å². The van der Waals surface area contributed by atoms with Crippen molar-refractivity contribution in [3.05, 3.63) is 78.4 Å². The number of para-hydroxylation sites is 1. The van der Waals surface area contributed by atoms with Crippen LogP contribution in [0.1, 0.15) is 11.4 Å². The second-order valence-corrected chi connectivity index (χ2v) is 8.83. The van der Waals surface area contributed by atoms with Gasteiger partial charge >= 0.3 is 0 Å². The summed E-state index contributed by atoms with van der Waals surface area (Å²) < 4.78 is 7.44. The molecule has 0 saturated carbocycles. The van der Waals surface area contributed by atoms with Crippen LogP contribution in [0.5, 0.6) is 0 Å². The van der Waals surface area contributed by atoms with Gasteiger partial charge in [0.05, 0.1) is 42.0 Å². The molecule has 1 saturated heterocycles. The zero-order chi connectivity index (χ0) is 25.3. The number of pyridine rings is 2. The van der Waals surface area contributed by atoms with Crippen LogP contribution in [0.4, 0.5) is 5.69 Å². The van der Waals surface area contributed by atoms with Crippen LogP contribution < -0.4 is 4.90 Å². The number of aromatic nitrogens is 9. The van der Waals surface area contributed by atoms with E-state index in [1.807, 2.05) is 65.3 Å². The summed E-state index contributed by atoms with van der Waals surface area (Å²) in [5.74, 6) is 0.435. The van der Waals surface area contributed by atoms with Crippen molar-refractivity contribution in [1.29, 1.82) is 0 Å². The van der Waals surface area contributed by atoms with Crippen molar-refractivity contribution in [3.63, 3.8) is 0 Å². The first-order valence-corrected chi connectivity index (χ1v) is 12.3. The summed E-state index contributed by atoms with van der Waals surface area (Å²) in [5.41, 5.74) is 6.67. The first kappa shape index (κ1) is 22.2. The van der Waals surface area contributed by atoms with Gasteiger partial charge in [-0.15, -0.1) is 10.2 Å². The standard InChI is InChI=1S/C27H22N10O/c1-2-4-21-18(3-1)5-7-20(30-21)8-10-22-25(19-6-9-23(28-17-19)26-32-34-35-33-26)37-27(31-22)24(11-12-29-37)36-13-15-38-16-14-36/h1-12,17H,13-16H2,(H,32,33,34,35)/b10-8+. The molecule has 0 amide bonds. The predicted molar refractivity (Wildman–Crippen MR) is 143 cm³/mol. The zero-order valence-electron chi connectivity index (χ0n) is 20.3. The number of ether oxygens (including phenoxy) is 1. The number of anilines is 1. The molecule has 1 aliphatic heterocycles. The smallest absolute Gasteiger partial charge is 0.222 e. The lowest BCUT2D eigenvalue weighted by atomic mass is 10.1. The first-order valence-electron chi connectivity index (χ1n) is 12.3. The molecule has 1 aromatic carbocycles. The molecule has 0 bridgehead atoms. The average molecular weight is 503 g/mol. The van der Waals surface area contributed by atoms with E-state index in [-0.39, 0.29) is 0 Å². The summed E-state index contributed by atoms with van der Waals surface area (Å²) in [7, 11) is 0. The van der Waals surface area contributed by atoms with Gasteiger partial charge in [-0.2, -0.15) is 10.3 Å². The molecule has 0 aliphatic carbocycles. The van der Waals surface area contributed by atoms with Crippen molar-refractivity contribution in [2.75, 3.05) is 31.2 Å². The number of aromatic amines is 1. The monoisotopic (exact) mass is 502 g/mol. The van der Waals surface area contributed by atoms with Gasteiger partial charge in [0.15, 0.2) is 5.65 Å². The molecule has 7 rings (SSSR count). The van der Waals surface area contributed by atoms with Crippen molar-refractivity contribution in [1.82, 2.24) is 45.2 Å². The lowest BCUT2D eigenvalue weighted by Crippen LogP contribution is -2.36. The number of nitrogens with zero attached hydrogens (tertiary/aromatic N) is 9. The fraction of sp³-hybridized carbons (Fsp3) is 0.148. The van der Waals surface area contributed by atoms with E-state index in [0.29, 0.717) is 24.7 Å². The summed E-state index contributed by atoms with van der Waals surface area (Å²) >= 11 is 0. The molecule has 1 aliphatic rings. The van der Waals surface area contributed by atoms with Crippen molar-refractivity contribution < 1.29 is 4.74 Å². The first-order chi connectivity index (χ1) is 18.8. The maximum absolute atomic E-state index is 5.56. The van der Waals surface area contributed by atoms with Gasteiger partial charge in [-0.05, 0) is 47.7 Å². The second-order valence-electron chi connectivity index (χ2n) is 8.83. The largest absolute Gasteiger partial charge is 0.378 e. The van der Waals surface area contributed by atoms with E-state index in [1.165, 1.54) is 0 Å². The minimum absolute atomic E-state index is 0.435. The Morgan fingerprint density at radius 2 is 1.84 bits per heavy atom. The molecular weight excluding hydrogens is 480 g/mol. The molecule has 0 atom stereocenters. The highest BCUT2D eigenvalue weighted by Gasteiger charge is 2.21. The van der Waals surface area contributed by atoms with Gasteiger partial charge in [-0.25, -0.2) is 14.5 Å². The Hall–Kier alpha value is -5.03. The Morgan fingerprint density at radius 1 is 0.921 bits per heavy atom. The lowest BCUT2D eigenvalue weighted by molar-refractivity contribution is 0.123. The number of hydrogen-bond donors (Lipinski definition) is 1. The number of imidazole rings is 1. The highest BCUT2D eigenvalue weighted by atomic mass is 16.5. The molecule has 0 radical (unpaired) electrons. The van der Waals surface area contributed by atoms with Crippen molar-refractivity contribution in [3.8, 4) is 22.8 Å². The number of fused-ring (bicyclic) bond motifs is 2. The van der Waals surface area contributed by atoms with Crippen LogP contribution in [0.15, 0.2) is 67.0 Å². The highest BCUT2D eigenvalue weighted by Crippen LogP contribution is 2.31. The molecule has 11 nitrogen and oxygen atoms in total. The molecule has 0 unspecified atom stereocenters. The fourth-order valence-electron chi connectivity index (χ4n) is 4.67. The second kappa shape index (κ2) is 9.45. The van der Waals surface area contributed by atoms with Crippen molar-refractivity contribution >= 4 is 34.4 Å². The third kappa shape index (κ3) is 4.04. The fourth-order valence-corrected chi connectivity index (χ4v) is 4.67. The number of nitrogens with one attached hydrogen (secondary N) is 1. The van der Waals surface area contributed by atoms with E-state index in [4.69, 9.17) is 14.7 Å². The van der Waals surface area contributed by atoms with Gasteiger partial charge in [-0.1, -0.05) is 24.3 Å². The van der Waals surface area contributed by atoms with E-state index < -0.39 is 0 Å². The third-order valence-electron chi connectivity index (χ3n) is 6.52. The number of tetrazole rings is 1. The lowest BCUT2D eigenvalue weighted by Gasteiger charge is -2.28. The molecule has 5 aromatic heterocycles. The summed E-state index contributed by atoms with van der Waals surface area (Å²) in [6, 6.07) is 18.0. The Balaban J connectivity index is 1.35. The summed E-state index contributed by atoms with van der Waals surface area (Å²) in [4.78, 5) is 16.7. The third-order valence-corrected chi connectivity index (χ3v) is 6.52. The number of hydrogen-bond acceptors (Lipinski definition) is 9. The number of H-pyrrole nitrogens is 1. The number of morpholine rings is 1. The summed E-state index contributed by atoms with van der Waals surface area (Å²) in [6.45, 7) is 2.97. The Bertz CT molecular complexity index is 1750. The van der Waals surface area contributed by atoms with E-state index in [0.717, 1.165) is 58.0 Å². The van der Waals surface area contributed by atoms with Crippen molar-refractivity contribution in [2.45, 2.75) is 0 Å². The van der Waals surface area contributed by atoms with Crippen LogP contribution >= 0.6 is 0 Å². The summed E-state index contributed by atoms with van der Waals surface area (Å²) in [6.07, 6.45) is 7.55. The van der Waals surface area contributed by atoms with Gasteiger partial charge in [0.1, 0.15) is 11.4 Å². The van der Waals surface area contributed by atoms with Crippen LogP contribution in [-0.4, -0.2) is 71.5 Å². The molecule has 1 N–H and O–H groups in total. The quantitative estimate of drug-likeness (QED) is 0.377. The van der Waals surface area contributed by atoms with Crippen LogP contribution in [0.25, 0.3) is 51.5 Å². The van der Waals surface area contributed by atoms with Crippen LogP contribution in [0.2, 0.25) is 0 Å². The molecular formula is C27H22N10O. The normalized spacial score (nSPS) is 14.2. The zero-order valence-corrected chi connectivity index (χ0v) is 20.3. The minimum Gasteiger partial charge on any atom is -0.378 e. The van der Waals surface area contributed by atoms with Gasteiger partial charge in [0.25, 0.3) is 0 Å². The van der Waals surface area contributed by atoms with E-state index in [1.54, 1.807) is 6.20 Å². The van der Waals surface area contributed by atoms with Crippen molar-refractivity contribution in [2.24, 2.45) is 0 Å². The molecule has 6 aromatic rings. The average Bonchev–Trinajstić information content (AvgIpc) is 3.65. The molecule has 6 heterocycles. The van der Waals surface area contributed by atoms with E-state index >= 15 is 0 Å². The molecule has 1 fully saturated rings. The van der Waals surface area contributed by atoms with E-state index in [2.05, 4.69) is 47.7 Å². The Kier molecular flexibility index (Phi) is 5.52. The Labute approximate surface area is 216 Å². The molecule has 186 valence electrons. The van der Waals surface area contributed by atoms with E-state index in [9.17, 15) is 0 Å². The number of rotatable bonds is 5. The maximum Gasteiger partial charge on any atom is 0.222 e. The summed E-state index contributed by atoms with van der Waals surface area (Å²) in [5, 5.41) is 19.9. The van der Waals surface area contributed by atoms with Gasteiger partial charge in [0, 0.05) is 30.2 Å². The van der Waals surface area contributed by atoms with Gasteiger partial charge in [-0.3, -0.25) is 4.98 Å². The number of benzene rings is 1. The van der Waals surface area contributed by atoms with Gasteiger partial charge in [0.2, 0.25) is 5.82 Å². The van der Waals surface area contributed by atoms with Crippen LogP contribution in [0.3, 0.4) is 0 Å². The van der Waals surface area contributed by atoms with Crippen LogP contribution in [-0.2, 0) is 4.74 Å². The highest BCUT2D eigenvalue weighted by molar-refractivity contribution is 5.84. The Morgan fingerprint density at radius 3 is 2.68 bits per heavy atom. The van der Waals surface area contributed by atoms with Gasteiger partial charge < -0.3 is 9.64 Å². The predicted octanol–water partition coefficient (Wildman–Crippen LogP) is 3.53. The van der Waals surface area contributed by atoms with Crippen LogP contribution in [0, 0.1) is 0 Å². The minimum atomic E-state index is 0.435. The molecule has 38 heavy (non-hydrogen) atoms. The SMILES string of the molecule is C(=C\c1nc2c(N3CCOCC3)ccnn2c1-c1ccc(-c2nn[nH]n2)nc1)/c1ccc2ccccc2n1. The maximum atomic E-state index is 5.56. The molecule has 0 spiro atoms. The molecule has 11 heteroatoms.